The highest BCUT2D eigenvalue weighted by Crippen LogP contribution is 1.87. The van der Waals surface area contributed by atoms with Crippen LogP contribution in [0.5, 0.6) is 0 Å². The van der Waals surface area contributed by atoms with Crippen molar-refractivity contribution in [1.29, 1.82) is 0 Å². The van der Waals surface area contributed by atoms with Crippen LogP contribution in [0.15, 0.2) is 15.8 Å². The maximum absolute atomic E-state index is 11.7. The third-order valence-electron chi connectivity index (χ3n) is 2.44. The summed E-state index contributed by atoms with van der Waals surface area (Å²) < 4.78 is 2.52. The first-order valence-electron chi connectivity index (χ1n) is 5.43. The van der Waals surface area contributed by atoms with E-state index in [-0.39, 0.29) is 11.2 Å². The molecule has 0 aromatic carbocycles. The molecule has 0 aliphatic carbocycles. The highest BCUT2D eigenvalue weighted by molar-refractivity contribution is 5.05. The molecule has 1 N–H and O–H groups in total. The van der Waals surface area contributed by atoms with E-state index in [9.17, 15) is 9.59 Å². The highest BCUT2D eigenvalue weighted by Gasteiger charge is 2.05. The van der Waals surface area contributed by atoms with Crippen molar-refractivity contribution in [3.63, 3.8) is 0 Å². The van der Waals surface area contributed by atoms with Crippen LogP contribution >= 0.6 is 0 Å². The number of nitrogens with zero attached hydrogens (tertiary/aromatic N) is 2. The van der Waals surface area contributed by atoms with Crippen molar-refractivity contribution < 1.29 is 0 Å². The second-order valence-electron chi connectivity index (χ2n) is 3.77. The van der Waals surface area contributed by atoms with Gasteiger partial charge in [-0.2, -0.15) is 0 Å². The van der Waals surface area contributed by atoms with Gasteiger partial charge in [-0.1, -0.05) is 0 Å². The minimum atomic E-state index is -0.310. The Bertz CT molecular complexity index is 558. The number of nitrogens with one attached hydrogen (secondary N) is 1. The molecule has 0 aliphatic heterocycles. The Hall–Kier alpha value is -1.80. The van der Waals surface area contributed by atoms with Crippen molar-refractivity contribution in [2.75, 3.05) is 6.54 Å². The molecule has 0 fully saturated rings. The van der Waals surface area contributed by atoms with E-state index < -0.39 is 0 Å². The predicted molar refractivity (Wildman–Crippen MR) is 66.7 cm³/mol. The van der Waals surface area contributed by atoms with E-state index in [0.29, 0.717) is 12.1 Å². The van der Waals surface area contributed by atoms with Gasteiger partial charge in [0, 0.05) is 45.4 Å². The molecule has 0 unspecified atom stereocenters. The third-order valence-corrected chi connectivity index (χ3v) is 2.44. The van der Waals surface area contributed by atoms with Crippen LogP contribution in [-0.4, -0.2) is 15.7 Å². The average molecular weight is 235 g/mol. The van der Waals surface area contributed by atoms with E-state index in [1.807, 2.05) is 0 Å². The molecule has 0 atom stereocenters. The SMILES string of the molecule is CC#CCCNCc1cn(C)c(=O)n(C)c1=O. The lowest BCUT2D eigenvalue weighted by Crippen LogP contribution is -2.39. The van der Waals surface area contributed by atoms with E-state index in [1.165, 1.54) is 11.6 Å². The quantitative estimate of drug-likeness (QED) is 0.570. The van der Waals surface area contributed by atoms with Gasteiger partial charge < -0.3 is 9.88 Å². The van der Waals surface area contributed by atoms with Crippen molar-refractivity contribution in [3.05, 3.63) is 32.6 Å². The van der Waals surface area contributed by atoms with E-state index >= 15 is 0 Å². The topological polar surface area (TPSA) is 56.0 Å². The van der Waals surface area contributed by atoms with Gasteiger partial charge in [0.25, 0.3) is 5.56 Å². The summed E-state index contributed by atoms with van der Waals surface area (Å²) in [5.41, 5.74) is 0.0248. The first kappa shape index (κ1) is 13.3. The molecule has 1 aromatic heterocycles. The summed E-state index contributed by atoms with van der Waals surface area (Å²) in [5, 5.41) is 3.12. The molecule has 92 valence electrons. The molecule has 0 bridgehead atoms. The van der Waals surface area contributed by atoms with E-state index in [2.05, 4.69) is 17.2 Å². The first-order valence-corrected chi connectivity index (χ1v) is 5.43. The van der Waals surface area contributed by atoms with E-state index in [4.69, 9.17) is 0 Å². The number of aryl methyl sites for hydroxylation is 1. The zero-order chi connectivity index (χ0) is 12.8. The van der Waals surface area contributed by atoms with Crippen LogP contribution in [0.2, 0.25) is 0 Å². The van der Waals surface area contributed by atoms with E-state index in [1.54, 1.807) is 20.2 Å². The molecular weight excluding hydrogens is 218 g/mol. The molecule has 0 spiro atoms. The van der Waals surface area contributed by atoms with Crippen molar-refractivity contribution in [3.8, 4) is 11.8 Å². The second-order valence-corrected chi connectivity index (χ2v) is 3.77. The van der Waals surface area contributed by atoms with Gasteiger partial charge in [0.2, 0.25) is 0 Å². The molecule has 0 radical (unpaired) electrons. The van der Waals surface area contributed by atoms with Crippen LogP contribution in [0, 0.1) is 11.8 Å². The van der Waals surface area contributed by atoms with Crippen LogP contribution in [0.25, 0.3) is 0 Å². The highest BCUT2D eigenvalue weighted by atomic mass is 16.2. The van der Waals surface area contributed by atoms with Gasteiger partial charge in [-0.3, -0.25) is 9.36 Å². The lowest BCUT2D eigenvalue weighted by Gasteiger charge is -2.07. The van der Waals surface area contributed by atoms with Crippen LogP contribution in [-0.2, 0) is 20.6 Å². The van der Waals surface area contributed by atoms with Crippen molar-refractivity contribution in [1.82, 2.24) is 14.5 Å². The number of hydrogen-bond donors (Lipinski definition) is 1. The summed E-state index contributed by atoms with van der Waals surface area (Å²) in [4.78, 5) is 23.2. The van der Waals surface area contributed by atoms with Gasteiger partial charge in [0.05, 0.1) is 0 Å². The zero-order valence-electron chi connectivity index (χ0n) is 10.4. The van der Waals surface area contributed by atoms with Gasteiger partial charge in [0.1, 0.15) is 0 Å². The average Bonchev–Trinajstić information content (AvgIpc) is 2.32. The third kappa shape index (κ3) is 3.33. The van der Waals surface area contributed by atoms with Crippen molar-refractivity contribution in [2.24, 2.45) is 14.1 Å². The van der Waals surface area contributed by atoms with Crippen molar-refractivity contribution >= 4 is 0 Å². The largest absolute Gasteiger partial charge is 0.330 e. The fourth-order valence-electron chi connectivity index (χ4n) is 1.50. The molecule has 5 heteroatoms. The zero-order valence-corrected chi connectivity index (χ0v) is 10.4. The fourth-order valence-corrected chi connectivity index (χ4v) is 1.50. The Morgan fingerprint density at radius 3 is 2.71 bits per heavy atom. The second kappa shape index (κ2) is 6.06. The van der Waals surface area contributed by atoms with Gasteiger partial charge in [-0.25, -0.2) is 4.79 Å². The molecule has 0 saturated carbocycles. The summed E-state index contributed by atoms with van der Waals surface area (Å²) in [7, 11) is 3.12. The summed E-state index contributed by atoms with van der Waals surface area (Å²) >= 11 is 0. The minimum absolute atomic E-state index is 0.248. The first-order chi connectivity index (χ1) is 8.07. The van der Waals surface area contributed by atoms with Gasteiger partial charge in [-0.15, -0.1) is 11.8 Å². The monoisotopic (exact) mass is 235 g/mol. The predicted octanol–water partition coefficient (Wildman–Crippen LogP) is -0.413. The molecule has 17 heavy (non-hydrogen) atoms. The fraction of sp³-hybridized carbons (Fsp3) is 0.500. The Labute approximate surface area is 100 Å². The minimum Gasteiger partial charge on any atom is -0.311 e. The molecule has 1 rings (SSSR count). The maximum Gasteiger partial charge on any atom is 0.330 e. The maximum atomic E-state index is 11.7. The Balaban J connectivity index is 2.75. The Morgan fingerprint density at radius 2 is 2.06 bits per heavy atom. The lowest BCUT2D eigenvalue weighted by molar-refractivity contribution is 0.634. The molecular formula is C12H17N3O2. The smallest absolute Gasteiger partial charge is 0.311 e. The van der Waals surface area contributed by atoms with Crippen LogP contribution < -0.4 is 16.6 Å². The van der Waals surface area contributed by atoms with Crippen LogP contribution in [0.1, 0.15) is 18.9 Å². The molecule has 0 amide bonds. The number of hydrogen-bond acceptors (Lipinski definition) is 3. The molecule has 0 aliphatic rings. The summed E-state index contributed by atoms with van der Waals surface area (Å²) in [6.45, 7) is 2.97. The molecule has 5 nitrogen and oxygen atoms in total. The molecule has 1 heterocycles. The molecule has 0 saturated heterocycles. The van der Waals surface area contributed by atoms with Gasteiger partial charge in [0.15, 0.2) is 0 Å². The number of rotatable bonds is 4. The number of aromatic nitrogens is 2. The Kier molecular flexibility index (Phi) is 4.73. The lowest BCUT2D eigenvalue weighted by atomic mass is 10.3. The summed E-state index contributed by atoms with van der Waals surface area (Å²) in [6, 6.07) is 0. The Morgan fingerprint density at radius 1 is 1.35 bits per heavy atom. The van der Waals surface area contributed by atoms with Crippen LogP contribution in [0.3, 0.4) is 0 Å². The normalized spacial score (nSPS) is 9.82. The summed E-state index contributed by atoms with van der Waals surface area (Å²) in [6.07, 6.45) is 2.33. The summed E-state index contributed by atoms with van der Waals surface area (Å²) in [5.74, 6) is 5.73. The van der Waals surface area contributed by atoms with Crippen LogP contribution in [0.4, 0.5) is 0 Å². The van der Waals surface area contributed by atoms with E-state index in [0.717, 1.165) is 17.5 Å². The molecule has 1 aromatic rings. The van der Waals surface area contributed by atoms with Gasteiger partial charge in [-0.05, 0) is 6.92 Å². The van der Waals surface area contributed by atoms with Crippen molar-refractivity contribution in [2.45, 2.75) is 19.9 Å². The standard InChI is InChI=1S/C12H17N3O2/c1-4-5-6-7-13-8-10-9-14(2)12(17)15(3)11(10)16/h9,13H,6-8H2,1-3H3. The van der Waals surface area contributed by atoms with Gasteiger partial charge >= 0.3 is 5.69 Å².